The molecule has 25 heavy (non-hydrogen) atoms. The zero-order valence-corrected chi connectivity index (χ0v) is 16.1. The molecule has 0 saturated carbocycles. The maximum absolute atomic E-state index is 12.5. The second-order valence-corrected chi connectivity index (χ2v) is 8.17. The van der Waals surface area contributed by atoms with Crippen LogP contribution in [0.4, 0.5) is 5.69 Å². The molecule has 0 radical (unpaired) electrons. The van der Waals surface area contributed by atoms with Crippen molar-refractivity contribution in [3.05, 3.63) is 51.1 Å². The molecule has 3 rings (SSSR count). The highest BCUT2D eigenvalue weighted by Crippen LogP contribution is 2.30. The minimum atomic E-state index is -0.586. The van der Waals surface area contributed by atoms with Gasteiger partial charge in [0, 0.05) is 15.8 Å². The number of amides is 2. The number of carbonyl (C=O) groups is 2. The highest BCUT2D eigenvalue weighted by Gasteiger charge is 2.40. The Labute approximate surface area is 160 Å². The lowest BCUT2D eigenvalue weighted by Gasteiger charge is -2.14. The number of hydrogen-bond acceptors (Lipinski definition) is 6. The van der Waals surface area contributed by atoms with Gasteiger partial charge in [-0.2, -0.15) is 5.10 Å². The molecule has 1 aromatic heterocycles. The van der Waals surface area contributed by atoms with Crippen molar-refractivity contribution in [2.24, 2.45) is 15.9 Å². The van der Waals surface area contributed by atoms with Gasteiger partial charge in [0.15, 0.2) is 5.17 Å². The third kappa shape index (κ3) is 4.36. The van der Waals surface area contributed by atoms with E-state index in [0.717, 1.165) is 21.1 Å². The molecule has 1 fully saturated rings. The first kappa shape index (κ1) is 17.8. The van der Waals surface area contributed by atoms with Gasteiger partial charge in [-0.1, -0.05) is 33.8 Å². The van der Waals surface area contributed by atoms with Gasteiger partial charge >= 0.3 is 0 Å². The van der Waals surface area contributed by atoms with E-state index in [-0.39, 0.29) is 23.4 Å². The number of halogens is 1. The van der Waals surface area contributed by atoms with E-state index in [9.17, 15) is 9.59 Å². The maximum atomic E-state index is 12.5. The first-order valence-electron chi connectivity index (χ1n) is 7.23. The number of carbonyl (C=O) groups excluding carboxylic acids is 2. The molecule has 2 N–H and O–H groups in total. The molecule has 1 aliphatic heterocycles. The van der Waals surface area contributed by atoms with E-state index >= 15 is 0 Å². The van der Waals surface area contributed by atoms with E-state index in [1.165, 1.54) is 16.2 Å². The third-order valence-electron chi connectivity index (χ3n) is 3.34. The molecule has 1 aromatic carbocycles. The van der Waals surface area contributed by atoms with Crippen LogP contribution in [-0.2, 0) is 9.59 Å². The number of nitrogens with zero attached hydrogens (tertiary/aromatic N) is 3. The van der Waals surface area contributed by atoms with Gasteiger partial charge in [-0.05, 0) is 35.7 Å². The molecule has 0 unspecified atom stereocenters. The van der Waals surface area contributed by atoms with Crippen molar-refractivity contribution in [3.63, 3.8) is 0 Å². The molecule has 0 aliphatic carbocycles. The number of rotatable bonds is 4. The minimum absolute atomic E-state index is 0.0877. The zero-order valence-electron chi connectivity index (χ0n) is 12.8. The normalized spacial score (nSPS) is 18.5. The lowest BCUT2D eigenvalue weighted by Crippen LogP contribution is -2.31. The van der Waals surface area contributed by atoms with Gasteiger partial charge in [-0.15, -0.1) is 16.4 Å². The Bertz CT molecular complexity index is 834. The van der Waals surface area contributed by atoms with Crippen molar-refractivity contribution in [2.45, 2.75) is 11.7 Å². The van der Waals surface area contributed by atoms with Crippen molar-refractivity contribution in [1.82, 2.24) is 0 Å². The van der Waals surface area contributed by atoms with Gasteiger partial charge in [0.1, 0.15) is 5.25 Å². The molecule has 128 valence electrons. The van der Waals surface area contributed by atoms with E-state index in [1.807, 2.05) is 17.5 Å². The molecule has 2 heterocycles. The Hall–Kier alpha value is -1.97. The number of benzene rings is 1. The van der Waals surface area contributed by atoms with Crippen LogP contribution in [0, 0.1) is 0 Å². The Kier molecular flexibility index (Phi) is 5.67. The van der Waals surface area contributed by atoms with Crippen molar-refractivity contribution in [2.75, 3.05) is 4.90 Å². The summed E-state index contributed by atoms with van der Waals surface area (Å²) in [4.78, 5) is 26.9. The molecule has 0 bridgehead atoms. The summed E-state index contributed by atoms with van der Waals surface area (Å²) in [5, 5.41) is 9.27. The quantitative estimate of drug-likeness (QED) is 0.344. The Morgan fingerprint density at radius 3 is 2.76 bits per heavy atom. The lowest BCUT2D eigenvalue weighted by molar-refractivity contribution is -0.121. The van der Waals surface area contributed by atoms with E-state index in [0.29, 0.717) is 5.69 Å². The lowest BCUT2D eigenvalue weighted by atomic mass is 10.3. The maximum Gasteiger partial charge on any atom is 0.247 e. The van der Waals surface area contributed by atoms with Crippen LogP contribution < -0.4 is 10.6 Å². The molecular formula is C16H13BrN4O2S2. The molecular weight excluding hydrogens is 424 g/mol. The molecule has 1 aliphatic rings. The number of anilines is 1. The summed E-state index contributed by atoms with van der Waals surface area (Å²) in [7, 11) is 0. The van der Waals surface area contributed by atoms with Crippen molar-refractivity contribution >= 4 is 67.9 Å². The molecule has 9 heteroatoms. The summed E-state index contributed by atoms with van der Waals surface area (Å²) in [5.74, 6) is -0.544. The Balaban J connectivity index is 1.66. The first-order valence-corrected chi connectivity index (χ1v) is 9.79. The van der Waals surface area contributed by atoms with Gasteiger partial charge in [-0.25, -0.2) is 4.90 Å². The summed E-state index contributed by atoms with van der Waals surface area (Å²) in [5.41, 5.74) is 6.37. The van der Waals surface area contributed by atoms with Crippen LogP contribution in [0.3, 0.4) is 0 Å². The van der Waals surface area contributed by atoms with Crippen LogP contribution in [0.15, 0.2) is 56.5 Å². The van der Waals surface area contributed by atoms with Crippen LogP contribution in [-0.4, -0.2) is 28.4 Å². The molecule has 6 nitrogen and oxygen atoms in total. The standard InChI is InChI=1S/C16H13BrN4O2S2/c17-10-3-5-11(6-4-10)21-14(22)8-13(15(21)23)25-16(18)20-19-9-12-2-1-7-24-12/h1-7,9,13H,8H2,(H2,18,20)/t13-/m1/s1. The Morgan fingerprint density at radius 2 is 2.08 bits per heavy atom. The number of hydrogen-bond donors (Lipinski definition) is 1. The van der Waals surface area contributed by atoms with Crippen molar-refractivity contribution in [3.8, 4) is 0 Å². The summed E-state index contributed by atoms with van der Waals surface area (Å²) in [6, 6.07) is 10.8. The highest BCUT2D eigenvalue weighted by molar-refractivity contribution is 9.10. The molecule has 1 atom stereocenters. The van der Waals surface area contributed by atoms with Crippen LogP contribution in [0.25, 0.3) is 0 Å². The first-order chi connectivity index (χ1) is 12.0. The van der Waals surface area contributed by atoms with Crippen molar-refractivity contribution in [1.29, 1.82) is 0 Å². The van der Waals surface area contributed by atoms with Gasteiger partial charge in [0.25, 0.3) is 0 Å². The second kappa shape index (κ2) is 7.94. The molecule has 2 amide bonds. The van der Waals surface area contributed by atoms with E-state index in [2.05, 4.69) is 26.1 Å². The number of amidine groups is 1. The van der Waals surface area contributed by atoms with Crippen LogP contribution in [0.1, 0.15) is 11.3 Å². The van der Waals surface area contributed by atoms with Gasteiger partial charge < -0.3 is 5.73 Å². The number of thiophene rings is 1. The largest absolute Gasteiger partial charge is 0.377 e. The van der Waals surface area contributed by atoms with Crippen LogP contribution in [0.5, 0.6) is 0 Å². The summed E-state index contributed by atoms with van der Waals surface area (Å²) in [6.07, 6.45) is 1.68. The topological polar surface area (TPSA) is 88.1 Å². The summed E-state index contributed by atoms with van der Waals surface area (Å²) in [6.45, 7) is 0. The van der Waals surface area contributed by atoms with Crippen LogP contribution in [0.2, 0.25) is 0 Å². The SMILES string of the molecule is NC(=NN=Cc1cccs1)S[C@@H]1CC(=O)N(c2ccc(Br)cc2)C1=O. The average molecular weight is 437 g/mol. The number of thioether (sulfide) groups is 1. The monoisotopic (exact) mass is 436 g/mol. The smallest absolute Gasteiger partial charge is 0.247 e. The number of imide groups is 1. The zero-order chi connectivity index (χ0) is 17.8. The van der Waals surface area contributed by atoms with E-state index in [1.54, 1.807) is 30.5 Å². The van der Waals surface area contributed by atoms with E-state index < -0.39 is 5.25 Å². The highest BCUT2D eigenvalue weighted by atomic mass is 79.9. The fraction of sp³-hybridized carbons (Fsp3) is 0.125. The number of nitrogens with two attached hydrogens (primary N) is 1. The molecule has 1 saturated heterocycles. The fourth-order valence-electron chi connectivity index (χ4n) is 2.23. The predicted octanol–water partition coefficient (Wildman–Crippen LogP) is 3.22. The second-order valence-electron chi connectivity index (χ2n) is 5.05. The predicted molar refractivity (Wildman–Crippen MR) is 106 cm³/mol. The third-order valence-corrected chi connectivity index (χ3v) is 5.65. The molecule has 2 aromatic rings. The fourth-order valence-corrected chi connectivity index (χ4v) is 3.90. The molecule has 0 spiro atoms. The van der Waals surface area contributed by atoms with Gasteiger partial charge in [-0.3, -0.25) is 9.59 Å². The van der Waals surface area contributed by atoms with Gasteiger partial charge in [0.2, 0.25) is 11.8 Å². The summed E-state index contributed by atoms with van der Waals surface area (Å²) < 4.78 is 0.876. The van der Waals surface area contributed by atoms with Gasteiger partial charge in [0.05, 0.1) is 11.9 Å². The Morgan fingerprint density at radius 1 is 1.32 bits per heavy atom. The van der Waals surface area contributed by atoms with Crippen LogP contribution >= 0.6 is 39.0 Å². The van der Waals surface area contributed by atoms with E-state index in [4.69, 9.17) is 5.73 Å². The average Bonchev–Trinajstić information content (AvgIpc) is 3.18. The minimum Gasteiger partial charge on any atom is -0.377 e. The van der Waals surface area contributed by atoms with Crippen molar-refractivity contribution < 1.29 is 9.59 Å². The summed E-state index contributed by atoms with van der Waals surface area (Å²) >= 11 is 5.92.